The van der Waals surface area contributed by atoms with Gasteiger partial charge in [0.05, 0.1) is 17.4 Å². The molecule has 2 heterocycles. The molecular formula is C21H20N4O3. The standard InChI is InChI=1S/C21H20N4O3/c1-23-19(26)18(20(27)24(2)21(23)28)16-13-17(14-9-5-3-6-10-14)25(22-16)15-11-7-4-8-12-15/h3-13,17-18,22H,1-2H3/t17-/m0/s1. The molecule has 0 aliphatic carbocycles. The average molecular weight is 376 g/mol. The summed E-state index contributed by atoms with van der Waals surface area (Å²) in [5.74, 6) is -2.14. The SMILES string of the molecule is CN1C(=O)C(C2=C[C@@H](c3ccccc3)N(c3ccccc3)N2)C(=O)N(C)C1=O. The van der Waals surface area contributed by atoms with Crippen LogP contribution >= 0.6 is 0 Å². The van der Waals surface area contributed by atoms with Crippen LogP contribution in [0.4, 0.5) is 10.5 Å². The molecule has 28 heavy (non-hydrogen) atoms. The van der Waals surface area contributed by atoms with Crippen molar-refractivity contribution in [3.05, 3.63) is 78.0 Å². The Kier molecular flexibility index (Phi) is 4.35. The topological polar surface area (TPSA) is 73.0 Å². The van der Waals surface area contributed by atoms with Crippen molar-refractivity contribution in [2.75, 3.05) is 19.1 Å². The number of para-hydroxylation sites is 1. The lowest BCUT2D eigenvalue weighted by molar-refractivity contribution is -0.145. The zero-order valence-corrected chi connectivity index (χ0v) is 15.6. The summed E-state index contributed by atoms with van der Waals surface area (Å²) in [4.78, 5) is 39.5. The number of hydrazine groups is 1. The third-order valence-corrected chi connectivity index (χ3v) is 5.08. The predicted molar refractivity (Wildman–Crippen MR) is 104 cm³/mol. The summed E-state index contributed by atoms with van der Waals surface area (Å²) in [6, 6.07) is 18.7. The van der Waals surface area contributed by atoms with Gasteiger partial charge >= 0.3 is 6.03 Å². The maximum Gasteiger partial charge on any atom is 0.332 e. The lowest BCUT2D eigenvalue weighted by atomic mass is 9.98. The number of imide groups is 2. The van der Waals surface area contributed by atoms with Crippen LogP contribution in [-0.4, -0.2) is 41.7 Å². The maximum atomic E-state index is 12.7. The molecule has 0 radical (unpaired) electrons. The van der Waals surface area contributed by atoms with E-state index in [-0.39, 0.29) is 6.04 Å². The monoisotopic (exact) mass is 376 g/mol. The van der Waals surface area contributed by atoms with Crippen LogP contribution in [0.15, 0.2) is 72.4 Å². The molecule has 1 fully saturated rings. The zero-order valence-electron chi connectivity index (χ0n) is 15.6. The first-order valence-corrected chi connectivity index (χ1v) is 8.95. The molecule has 1 saturated heterocycles. The fraction of sp³-hybridized carbons (Fsp3) is 0.190. The molecule has 142 valence electrons. The van der Waals surface area contributed by atoms with Gasteiger partial charge in [-0.3, -0.25) is 24.4 Å². The van der Waals surface area contributed by atoms with Crippen LogP contribution in [0, 0.1) is 5.92 Å². The second-order valence-electron chi connectivity index (χ2n) is 6.80. The van der Waals surface area contributed by atoms with E-state index in [0.29, 0.717) is 5.70 Å². The largest absolute Gasteiger partial charge is 0.332 e. The minimum absolute atomic E-state index is 0.201. The number of benzene rings is 2. The summed E-state index contributed by atoms with van der Waals surface area (Å²) in [7, 11) is 2.78. The lowest BCUT2D eigenvalue weighted by Gasteiger charge is -2.34. The molecule has 2 aliphatic heterocycles. The Morgan fingerprint density at radius 3 is 1.89 bits per heavy atom. The third kappa shape index (κ3) is 2.81. The number of carbonyl (C=O) groups is 3. The van der Waals surface area contributed by atoms with Gasteiger partial charge in [0.1, 0.15) is 0 Å². The van der Waals surface area contributed by atoms with Crippen LogP contribution in [0.2, 0.25) is 0 Å². The highest BCUT2D eigenvalue weighted by molar-refractivity contribution is 6.17. The van der Waals surface area contributed by atoms with E-state index in [0.717, 1.165) is 21.1 Å². The minimum Gasteiger partial charge on any atom is -0.301 e. The van der Waals surface area contributed by atoms with Gasteiger partial charge in [0, 0.05) is 14.1 Å². The van der Waals surface area contributed by atoms with Crippen LogP contribution in [0.5, 0.6) is 0 Å². The van der Waals surface area contributed by atoms with E-state index in [9.17, 15) is 14.4 Å². The van der Waals surface area contributed by atoms with E-state index in [1.807, 2.05) is 71.7 Å². The van der Waals surface area contributed by atoms with Crippen molar-refractivity contribution in [3.63, 3.8) is 0 Å². The molecule has 0 aromatic heterocycles. The van der Waals surface area contributed by atoms with Gasteiger partial charge in [-0.25, -0.2) is 4.79 Å². The van der Waals surface area contributed by atoms with E-state index < -0.39 is 23.8 Å². The molecule has 2 aromatic carbocycles. The van der Waals surface area contributed by atoms with Crippen LogP contribution in [0.3, 0.4) is 0 Å². The molecule has 0 unspecified atom stereocenters. The molecule has 0 saturated carbocycles. The number of carbonyl (C=O) groups excluding carboxylic acids is 3. The first-order chi connectivity index (χ1) is 13.5. The maximum absolute atomic E-state index is 12.7. The summed E-state index contributed by atoms with van der Waals surface area (Å²) in [5, 5.41) is 1.92. The Balaban J connectivity index is 1.75. The number of nitrogens with zero attached hydrogens (tertiary/aromatic N) is 3. The van der Waals surface area contributed by atoms with Crippen molar-refractivity contribution in [1.29, 1.82) is 0 Å². The van der Waals surface area contributed by atoms with Crippen molar-refractivity contribution in [2.45, 2.75) is 6.04 Å². The Hall–Kier alpha value is -3.61. The van der Waals surface area contributed by atoms with Gasteiger partial charge < -0.3 is 5.43 Å². The second-order valence-corrected chi connectivity index (χ2v) is 6.80. The first kappa shape index (κ1) is 17.8. The molecule has 1 N–H and O–H groups in total. The van der Waals surface area contributed by atoms with Crippen LogP contribution in [-0.2, 0) is 9.59 Å². The number of urea groups is 1. The van der Waals surface area contributed by atoms with Gasteiger partial charge in [0.25, 0.3) is 0 Å². The molecule has 1 atom stereocenters. The third-order valence-electron chi connectivity index (χ3n) is 5.08. The smallest absolute Gasteiger partial charge is 0.301 e. The van der Waals surface area contributed by atoms with E-state index in [2.05, 4.69) is 5.43 Å². The van der Waals surface area contributed by atoms with E-state index in [1.165, 1.54) is 14.1 Å². The number of amides is 4. The van der Waals surface area contributed by atoms with Gasteiger partial charge in [0.2, 0.25) is 11.8 Å². The molecule has 2 aromatic rings. The van der Waals surface area contributed by atoms with Gasteiger partial charge in [-0.05, 0) is 23.8 Å². The summed E-state index contributed by atoms with van der Waals surface area (Å²) >= 11 is 0. The highest BCUT2D eigenvalue weighted by Crippen LogP contribution is 2.35. The number of barbiturate groups is 1. The Morgan fingerprint density at radius 1 is 0.786 bits per heavy atom. The molecule has 7 heteroatoms. The fourth-order valence-electron chi connectivity index (χ4n) is 3.53. The van der Waals surface area contributed by atoms with E-state index >= 15 is 0 Å². The van der Waals surface area contributed by atoms with Crippen LogP contribution in [0.25, 0.3) is 0 Å². The van der Waals surface area contributed by atoms with Gasteiger partial charge in [-0.15, -0.1) is 0 Å². The number of hydrogen-bond donors (Lipinski definition) is 1. The summed E-state index contributed by atoms with van der Waals surface area (Å²) in [5.41, 5.74) is 5.62. The van der Waals surface area contributed by atoms with Crippen molar-refractivity contribution in [2.24, 2.45) is 5.92 Å². The van der Waals surface area contributed by atoms with Crippen LogP contribution < -0.4 is 10.4 Å². The molecular weight excluding hydrogens is 356 g/mol. The fourth-order valence-corrected chi connectivity index (χ4v) is 3.53. The molecule has 2 aliphatic rings. The molecule has 0 spiro atoms. The van der Waals surface area contributed by atoms with Gasteiger partial charge in [-0.2, -0.15) is 0 Å². The number of nitrogens with one attached hydrogen (secondary N) is 1. The van der Waals surface area contributed by atoms with Gasteiger partial charge in [-0.1, -0.05) is 48.5 Å². The predicted octanol–water partition coefficient (Wildman–Crippen LogP) is 2.30. The average Bonchev–Trinajstić information content (AvgIpc) is 3.17. The lowest BCUT2D eigenvalue weighted by Crippen LogP contribution is -2.58. The van der Waals surface area contributed by atoms with Gasteiger partial charge in [0.15, 0.2) is 5.92 Å². The summed E-state index contributed by atoms with van der Waals surface area (Å²) in [6.07, 6.45) is 1.88. The molecule has 7 nitrogen and oxygen atoms in total. The normalized spacial score (nSPS) is 20.5. The Morgan fingerprint density at radius 2 is 1.32 bits per heavy atom. The minimum atomic E-state index is -1.08. The zero-order chi connectivity index (χ0) is 19.8. The number of hydrogen-bond acceptors (Lipinski definition) is 5. The van der Waals surface area contributed by atoms with E-state index in [1.54, 1.807) is 0 Å². The highest BCUT2D eigenvalue weighted by atomic mass is 16.2. The highest BCUT2D eigenvalue weighted by Gasteiger charge is 2.46. The van der Waals surface area contributed by atoms with Crippen molar-refractivity contribution >= 4 is 23.5 Å². The molecule has 0 bridgehead atoms. The van der Waals surface area contributed by atoms with Crippen molar-refractivity contribution in [3.8, 4) is 0 Å². The van der Waals surface area contributed by atoms with Crippen LogP contribution in [0.1, 0.15) is 11.6 Å². The molecule has 4 rings (SSSR count). The molecule has 4 amide bonds. The summed E-state index contributed by atoms with van der Waals surface area (Å²) < 4.78 is 0. The number of rotatable bonds is 3. The van der Waals surface area contributed by atoms with Crippen molar-refractivity contribution < 1.29 is 14.4 Å². The Labute approximate surface area is 162 Å². The summed E-state index contributed by atoms with van der Waals surface area (Å²) in [6.45, 7) is 0. The quantitative estimate of drug-likeness (QED) is 0.833. The number of anilines is 1. The Bertz CT molecular complexity index is 934. The first-order valence-electron chi connectivity index (χ1n) is 8.95. The van der Waals surface area contributed by atoms with E-state index in [4.69, 9.17) is 0 Å². The van der Waals surface area contributed by atoms with Crippen molar-refractivity contribution in [1.82, 2.24) is 15.2 Å². The second kappa shape index (κ2) is 6.84.